The van der Waals surface area contributed by atoms with Crippen LogP contribution in [0.15, 0.2) is 47.4 Å². The van der Waals surface area contributed by atoms with Gasteiger partial charge < -0.3 is 15.7 Å². The number of phenols is 1. The maximum absolute atomic E-state index is 12.1. The van der Waals surface area contributed by atoms with E-state index >= 15 is 0 Å². The molecule has 24 heavy (non-hydrogen) atoms. The van der Waals surface area contributed by atoms with Crippen LogP contribution in [-0.2, 0) is 11.2 Å². The predicted octanol–water partition coefficient (Wildman–Crippen LogP) is 4.21. The van der Waals surface area contributed by atoms with Gasteiger partial charge in [-0.15, -0.1) is 0 Å². The van der Waals surface area contributed by atoms with Crippen LogP contribution < -0.4 is 10.6 Å². The number of thioether (sulfide) groups is 1. The van der Waals surface area contributed by atoms with Crippen LogP contribution in [0.4, 0.5) is 5.69 Å². The van der Waals surface area contributed by atoms with Crippen LogP contribution in [-0.4, -0.2) is 16.5 Å². The minimum Gasteiger partial charge on any atom is -0.507 e. The Morgan fingerprint density at radius 2 is 2.04 bits per heavy atom. The molecule has 0 aromatic heterocycles. The summed E-state index contributed by atoms with van der Waals surface area (Å²) in [5.74, 6) is -0.0890. The summed E-state index contributed by atoms with van der Waals surface area (Å²) >= 11 is 7.31. The second kappa shape index (κ2) is 7.20. The molecule has 1 fully saturated rings. The molecule has 0 spiro atoms. The Hall–Kier alpha value is -2.11. The van der Waals surface area contributed by atoms with Crippen LogP contribution in [0.2, 0.25) is 5.02 Å². The van der Waals surface area contributed by atoms with Gasteiger partial charge in [-0.3, -0.25) is 4.79 Å². The molecule has 6 heteroatoms. The number of aromatic hydroxyl groups is 1. The molecule has 1 aliphatic heterocycles. The Morgan fingerprint density at radius 1 is 1.29 bits per heavy atom. The molecule has 0 aliphatic carbocycles. The van der Waals surface area contributed by atoms with Gasteiger partial charge in [0, 0.05) is 16.3 Å². The molecule has 1 aliphatic rings. The van der Waals surface area contributed by atoms with Crippen molar-refractivity contribution in [3.63, 3.8) is 0 Å². The summed E-state index contributed by atoms with van der Waals surface area (Å²) in [6.45, 7) is 2.11. The van der Waals surface area contributed by atoms with Crippen LogP contribution in [0, 0.1) is 0 Å². The van der Waals surface area contributed by atoms with Gasteiger partial charge in [-0.25, -0.2) is 0 Å². The van der Waals surface area contributed by atoms with Crippen molar-refractivity contribution >= 4 is 41.0 Å². The van der Waals surface area contributed by atoms with Crippen molar-refractivity contribution in [3.05, 3.63) is 63.5 Å². The Bertz CT molecular complexity index is 790. The molecule has 1 saturated heterocycles. The minimum atomic E-state index is -0.252. The zero-order chi connectivity index (χ0) is 17.1. The number of carbonyl (C=O) groups excluding carboxylic acids is 1. The largest absolute Gasteiger partial charge is 0.507 e. The molecule has 0 radical (unpaired) electrons. The lowest BCUT2D eigenvalue weighted by molar-refractivity contribution is -0.116. The molecule has 3 N–H and O–H groups in total. The summed E-state index contributed by atoms with van der Waals surface area (Å²) in [5.41, 5.74) is 2.48. The van der Waals surface area contributed by atoms with E-state index in [2.05, 4.69) is 29.7 Å². The Balaban J connectivity index is 1.73. The number of benzene rings is 2. The Kier molecular flexibility index (Phi) is 5.02. The fraction of sp³-hybridized carbons (Fsp3) is 0.167. The normalized spacial score (nSPS) is 18.7. The molecule has 0 bridgehead atoms. The number of anilines is 1. The van der Waals surface area contributed by atoms with Crippen molar-refractivity contribution < 1.29 is 9.90 Å². The monoisotopic (exact) mass is 360 g/mol. The average molecular weight is 361 g/mol. The molecule has 1 heterocycles. The molecule has 2 aromatic rings. The van der Waals surface area contributed by atoms with Crippen LogP contribution >= 0.6 is 23.4 Å². The Morgan fingerprint density at radius 3 is 2.75 bits per heavy atom. The first-order valence-electron chi connectivity index (χ1n) is 7.58. The molecule has 0 unspecified atom stereocenters. The van der Waals surface area contributed by atoms with Gasteiger partial charge in [0.05, 0.1) is 4.91 Å². The van der Waals surface area contributed by atoms with Gasteiger partial charge in [-0.1, -0.05) is 42.4 Å². The second-order valence-corrected chi connectivity index (χ2v) is 6.96. The highest BCUT2D eigenvalue weighted by Crippen LogP contribution is 2.32. The van der Waals surface area contributed by atoms with E-state index in [-0.39, 0.29) is 17.2 Å². The van der Waals surface area contributed by atoms with E-state index in [0.717, 1.165) is 12.1 Å². The van der Waals surface area contributed by atoms with Gasteiger partial charge in [0.15, 0.2) is 5.50 Å². The molecule has 0 saturated carbocycles. The third kappa shape index (κ3) is 3.86. The van der Waals surface area contributed by atoms with Crippen molar-refractivity contribution in [3.8, 4) is 5.75 Å². The minimum absolute atomic E-state index is 0.0897. The highest BCUT2D eigenvalue weighted by molar-refractivity contribution is 8.05. The van der Waals surface area contributed by atoms with Crippen LogP contribution in [0.25, 0.3) is 6.08 Å². The third-order valence-corrected chi connectivity index (χ3v) is 4.93. The lowest BCUT2D eigenvalue weighted by Crippen LogP contribution is -2.30. The number of hydrogen-bond acceptors (Lipinski definition) is 4. The average Bonchev–Trinajstić information content (AvgIpc) is 2.91. The number of carbonyl (C=O) groups is 1. The van der Waals surface area contributed by atoms with E-state index in [1.54, 1.807) is 18.2 Å². The van der Waals surface area contributed by atoms with Crippen LogP contribution in [0.3, 0.4) is 0 Å². The lowest BCUT2D eigenvalue weighted by Gasteiger charge is -2.12. The molecule has 1 amide bonds. The summed E-state index contributed by atoms with van der Waals surface area (Å²) in [6.07, 6.45) is 2.63. The first kappa shape index (κ1) is 16.7. The summed E-state index contributed by atoms with van der Waals surface area (Å²) < 4.78 is 0. The maximum Gasteiger partial charge on any atom is 0.260 e. The number of aryl methyl sites for hydroxylation is 1. The molecular weight excluding hydrogens is 344 g/mol. The first-order valence-corrected chi connectivity index (χ1v) is 8.84. The zero-order valence-electron chi connectivity index (χ0n) is 13.0. The molecule has 2 aromatic carbocycles. The summed E-state index contributed by atoms with van der Waals surface area (Å²) in [5, 5.41) is 16.5. The number of phenolic OH excluding ortho intramolecular Hbond substituents is 1. The van der Waals surface area contributed by atoms with E-state index in [4.69, 9.17) is 11.6 Å². The molecule has 124 valence electrons. The lowest BCUT2D eigenvalue weighted by atomic mass is 10.1. The van der Waals surface area contributed by atoms with Crippen LogP contribution in [0.5, 0.6) is 5.75 Å². The van der Waals surface area contributed by atoms with E-state index in [1.807, 2.05) is 12.1 Å². The van der Waals surface area contributed by atoms with Crippen molar-refractivity contribution in [2.24, 2.45) is 0 Å². The third-order valence-electron chi connectivity index (χ3n) is 3.67. The molecule has 3 rings (SSSR count). The number of halogens is 1. The van der Waals surface area contributed by atoms with Crippen LogP contribution in [0.1, 0.15) is 18.1 Å². The van der Waals surface area contributed by atoms with Crippen molar-refractivity contribution in [2.45, 2.75) is 18.8 Å². The van der Waals surface area contributed by atoms with Crippen molar-refractivity contribution in [1.82, 2.24) is 5.32 Å². The standard InChI is InChI=1S/C18H17ClN2O2S/c1-2-11-3-6-14(7-4-11)20-18-21-17(23)16(24-18)10-12-9-13(19)5-8-15(12)22/h3-10,18,20,22H,2H2,1H3,(H,21,23)/b16-10-/t18-/m1/s1. The highest BCUT2D eigenvalue weighted by Gasteiger charge is 2.27. The Labute approximate surface area is 149 Å². The van der Waals surface area contributed by atoms with Crippen molar-refractivity contribution in [2.75, 3.05) is 5.32 Å². The number of hydrogen-bond donors (Lipinski definition) is 3. The smallest absolute Gasteiger partial charge is 0.260 e. The summed E-state index contributed by atoms with van der Waals surface area (Å²) in [7, 11) is 0. The van der Waals surface area contributed by atoms with E-state index in [9.17, 15) is 9.90 Å². The summed E-state index contributed by atoms with van der Waals surface area (Å²) in [4.78, 5) is 12.6. The second-order valence-electron chi connectivity index (χ2n) is 5.38. The molecule has 1 atom stereocenters. The van der Waals surface area contributed by atoms with Crippen molar-refractivity contribution in [1.29, 1.82) is 0 Å². The molecular formula is C18H17ClN2O2S. The number of nitrogens with one attached hydrogen (secondary N) is 2. The topological polar surface area (TPSA) is 61.4 Å². The van der Waals surface area contributed by atoms with Gasteiger partial charge in [0.1, 0.15) is 5.75 Å². The number of amides is 1. The highest BCUT2D eigenvalue weighted by atomic mass is 35.5. The quantitative estimate of drug-likeness (QED) is 0.715. The summed E-state index contributed by atoms with van der Waals surface area (Å²) in [6, 6.07) is 12.9. The van der Waals surface area contributed by atoms with Gasteiger partial charge in [-0.2, -0.15) is 0 Å². The SMILES string of the molecule is CCc1ccc(N[C@@H]2NC(=O)/C(=C/c3cc(Cl)ccc3O)S2)cc1. The fourth-order valence-electron chi connectivity index (χ4n) is 2.34. The fourth-order valence-corrected chi connectivity index (χ4v) is 3.49. The van der Waals surface area contributed by atoms with Gasteiger partial charge in [0.25, 0.3) is 5.91 Å². The maximum atomic E-state index is 12.1. The zero-order valence-corrected chi connectivity index (χ0v) is 14.6. The van der Waals surface area contributed by atoms with E-state index < -0.39 is 0 Å². The van der Waals surface area contributed by atoms with Gasteiger partial charge >= 0.3 is 0 Å². The first-order chi connectivity index (χ1) is 11.5. The van der Waals surface area contributed by atoms with E-state index in [1.165, 1.54) is 23.4 Å². The van der Waals surface area contributed by atoms with Gasteiger partial charge in [-0.05, 0) is 48.4 Å². The predicted molar refractivity (Wildman–Crippen MR) is 100 cm³/mol. The molecule has 4 nitrogen and oxygen atoms in total. The number of rotatable bonds is 4. The van der Waals surface area contributed by atoms with Gasteiger partial charge in [0.2, 0.25) is 0 Å². The van der Waals surface area contributed by atoms with E-state index in [0.29, 0.717) is 15.5 Å².